The summed E-state index contributed by atoms with van der Waals surface area (Å²) >= 11 is 0. The molecule has 0 saturated carbocycles. The monoisotopic (exact) mass is 483 g/mol. The molecule has 3 N–H and O–H groups in total. The number of carboxylic acid groups (broad SMARTS) is 1. The van der Waals surface area contributed by atoms with Gasteiger partial charge in [-0.3, -0.25) is 9.52 Å². The van der Waals surface area contributed by atoms with E-state index in [1.807, 2.05) is 6.92 Å². The Morgan fingerprint density at radius 1 is 1.03 bits per heavy atom. The zero-order valence-electron chi connectivity index (χ0n) is 18.7. The number of carboxylic acids is 1. The van der Waals surface area contributed by atoms with Crippen LogP contribution in [0.15, 0.2) is 65.6 Å². The summed E-state index contributed by atoms with van der Waals surface area (Å²) in [5.41, 5.74) is 1.61. The molecule has 8 nitrogen and oxygen atoms in total. The molecule has 0 aliphatic carbocycles. The average Bonchev–Trinajstić information content (AvgIpc) is 2.79. The van der Waals surface area contributed by atoms with Crippen molar-refractivity contribution in [2.45, 2.75) is 38.2 Å². The SMILES string of the molecule is CCCc1c(OCc2ccc(S(=O)(=O)Nc3cccc(C(=O)O)c3)cc2)ccc(C(C)=O)c1O. The van der Waals surface area contributed by atoms with Crippen LogP contribution in [0.4, 0.5) is 5.69 Å². The largest absolute Gasteiger partial charge is 0.507 e. The highest BCUT2D eigenvalue weighted by molar-refractivity contribution is 7.92. The standard InChI is InChI=1S/C25H25NO7S/c1-3-5-22-23(13-12-21(16(2)27)24(22)28)33-15-17-8-10-20(11-9-17)34(31,32)26-19-7-4-6-18(14-19)25(29)30/h4,6-14,26,28H,3,5,15H2,1-2H3,(H,29,30). The fourth-order valence-electron chi connectivity index (χ4n) is 3.38. The third-order valence-corrected chi connectivity index (χ3v) is 6.51. The van der Waals surface area contributed by atoms with Crippen molar-refractivity contribution < 1.29 is 33.0 Å². The van der Waals surface area contributed by atoms with Gasteiger partial charge in [-0.1, -0.05) is 31.5 Å². The van der Waals surface area contributed by atoms with Crippen molar-refractivity contribution in [3.63, 3.8) is 0 Å². The van der Waals surface area contributed by atoms with E-state index in [1.54, 1.807) is 18.2 Å². The molecule has 0 aromatic heterocycles. The highest BCUT2D eigenvalue weighted by Crippen LogP contribution is 2.33. The van der Waals surface area contributed by atoms with Gasteiger partial charge in [0.05, 0.1) is 16.0 Å². The molecule has 0 amide bonds. The highest BCUT2D eigenvalue weighted by Gasteiger charge is 2.17. The minimum Gasteiger partial charge on any atom is -0.507 e. The number of Topliss-reactive ketones (excluding diaryl/α,β-unsaturated/α-hetero) is 1. The molecule has 178 valence electrons. The molecule has 3 aromatic rings. The number of phenolic OH excluding ortho intramolecular Hbond substituents is 1. The number of hydrogen-bond acceptors (Lipinski definition) is 6. The fraction of sp³-hybridized carbons (Fsp3) is 0.200. The number of carbonyl (C=O) groups is 2. The number of nitrogens with one attached hydrogen (secondary N) is 1. The third kappa shape index (κ3) is 5.74. The van der Waals surface area contributed by atoms with Gasteiger partial charge >= 0.3 is 5.97 Å². The molecule has 0 radical (unpaired) electrons. The van der Waals surface area contributed by atoms with Crippen LogP contribution in [0.5, 0.6) is 11.5 Å². The van der Waals surface area contributed by atoms with Crippen molar-refractivity contribution >= 4 is 27.5 Å². The first-order valence-electron chi connectivity index (χ1n) is 10.6. The van der Waals surface area contributed by atoms with Gasteiger partial charge in [0.1, 0.15) is 18.1 Å². The Kier molecular flexibility index (Phi) is 7.57. The summed E-state index contributed by atoms with van der Waals surface area (Å²) in [4.78, 5) is 22.8. The van der Waals surface area contributed by atoms with Crippen LogP contribution in [-0.2, 0) is 23.1 Å². The first-order chi connectivity index (χ1) is 16.1. The first kappa shape index (κ1) is 24.8. The molecule has 0 saturated heterocycles. The number of hydrogen-bond donors (Lipinski definition) is 3. The Balaban J connectivity index is 1.74. The second-order valence-electron chi connectivity index (χ2n) is 7.67. The zero-order chi connectivity index (χ0) is 24.9. The summed E-state index contributed by atoms with van der Waals surface area (Å²) in [6.07, 6.45) is 1.29. The van der Waals surface area contributed by atoms with Gasteiger partial charge in [0.2, 0.25) is 0 Å². The van der Waals surface area contributed by atoms with Crippen molar-refractivity contribution in [3.8, 4) is 11.5 Å². The van der Waals surface area contributed by atoms with Crippen LogP contribution in [0.25, 0.3) is 0 Å². The number of aromatic carboxylic acids is 1. The Labute approximate surface area is 197 Å². The van der Waals surface area contributed by atoms with E-state index in [0.717, 1.165) is 6.42 Å². The number of aromatic hydroxyl groups is 1. The number of carbonyl (C=O) groups excluding carboxylic acids is 1. The van der Waals surface area contributed by atoms with Gasteiger partial charge in [0.25, 0.3) is 10.0 Å². The molecule has 0 unspecified atom stereocenters. The van der Waals surface area contributed by atoms with Gasteiger partial charge in [-0.2, -0.15) is 0 Å². The Bertz CT molecular complexity index is 1320. The highest BCUT2D eigenvalue weighted by atomic mass is 32.2. The number of ether oxygens (including phenoxy) is 1. The molecule has 0 aliphatic heterocycles. The minimum absolute atomic E-state index is 0.00658. The molecule has 0 bridgehead atoms. The Hall–Kier alpha value is -3.85. The molecule has 34 heavy (non-hydrogen) atoms. The molecule has 3 rings (SSSR count). The molecule has 0 spiro atoms. The third-order valence-electron chi connectivity index (χ3n) is 5.11. The Morgan fingerprint density at radius 3 is 2.35 bits per heavy atom. The number of rotatable bonds is 10. The first-order valence-corrected chi connectivity index (χ1v) is 12.0. The van der Waals surface area contributed by atoms with E-state index in [2.05, 4.69) is 4.72 Å². The predicted molar refractivity (Wildman–Crippen MR) is 127 cm³/mol. The molecule has 9 heteroatoms. The number of ketones is 1. The van der Waals surface area contributed by atoms with Crippen LogP contribution in [0, 0.1) is 0 Å². The molecular weight excluding hydrogens is 458 g/mol. The van der Waals surface area contributed by atoms with E-state index in [4.69, 9.17) is 9.84 Å². The summed E-state index contributed by atoms with van der Waals surface area (Å²) in [7, 11) is -3.92. The minimum atomic E-state index is -3.92. The number of anilines is 1. The van der Waals surface area contributed by atoms with Crippen molar-refractivity contribution in [3.05, 3.63) is 82.9 Å². The predicted octanol–water partition coefficient (Wildman–Crippen LogP) is 4.63. The summed E-state index contributed by atoms with van der Waals surface area (Å²) in [5.74, 6) is -1.01. The zero-order valence-corrected chi connectivity index (χ0v) is 19.6. The average molecular weight is 484 g/mol. The lowest BCUT2D eigenvalue weighted by atomic mass is 10.0. The number of benzene rings is 3. The van der Waals surface area contributed by atoms with Crippen LogP contribution in [0.1, 0.15) is 52.1 Å². The van der Waals surface area contributed by atoms with E-state index in [0.29, 0.717) is 23.3 Å². The normalized spacial score (nSPS) is 11.1. The quantitative estimate of drug-likeness (QED) is 0.359. The van der Waals surface area contributed by atoms with Gasteiger partial charge < -0.3 is 14.9 Å². The second-order valence-corrected chi connectivity index (χ2v) is 9.35. The Morgan fingerprint density at radius 2 is 1.74 bits per heavy atom. The number of sulfonamides is 1. The van der Waals surface area contributed by atoms with E-state index >= 15 is 0 Å². The molecule has 0 heterocycles. The summed E-state index contributed by atoms with van der Waals surface area (Å²) < 4.78 is 33.6. The van der Waals surface area contributed by atoms with Crippen LogP contribution >= 0.6 is 0 Å². The van der Waals surface area contributed by atoms with E-state index in [9.17, 15) is 23.1 Å². The second kappa shape index (κ2) is 10.4. The molecule has 0 aliphatic rings. The van der Waals surface area contributed by atoms with Crippen LogP contribution in [0.3, 0.4) is 0 Å². The van der Waals surface area contributed by atoms with Gasteiger partial charge in [0, 0.05) is 11.3 Å². The molecule has 0 atom stereocenters. The van der Waals surface area contributed by atoms with Crippen LogP contribution in [0.2, 0.25) is 0 Å². The van der Waals surface area contributed by atoms with E-state index < -0.39 is 16.0 Å². The van der Waals surface area contributed by atoms with Gasteiger partial charge in [-0.15, -0.1) is 0 Å². The number of phenols is 1. The van der Waals surface area contributed by atoms with Gasteiger partial charge in [-0.25, -0.2) is 13.2 Å². The topological polar surface area (TPSA) is 130 Å². The summed E-state index contributed by atoms with van der Waals surface area (Å²) in [5, 5.41) is 19.5. The van der Waals surface area contributed by atoms with Crippen LogP contribution in [-0.4, -0.2) is 30.4 Å². The molecule has 3 aromatic carbocycles. The van der Waals surface area contributed by atoms with Crippen molar-refractivity contribution in [1.82, 2.24) is 0 Å². The summed E-state index contributed by atoms with van der Waals surface area (Å²) in [6, 6.07) is 14.7. The lowest BCUT2D eigenvalue weighted by Gasteiger charge is -2.15. The van der Waals surface area contributed by atoms with Crippen molar-refractivity contribution in [2.75, 3.05) is 4.72 Å². The van der Waals surface area contributed by atoms with E-state index in [-0.39, 0.29) is 39.8 Å². The summed E-state index contributed by atoms with van der Waals surface area (Å²) in [6.45, 7) is 3.47. The van der Waals surface area contributed by atoms with Gasteiger partial charge in [0.15, 0.2) is 5.78 Å². The van der Waals surface area contributed by atoms with E-state index in [1.165, 1.54) is 49.4 Å². The lowest BCUT2D eigenvalue weighted by molar-refractivity contribution is 0.0696. The maximum atomic E-state index is 12.7. The molecule has 0 fully saturated rings. The lowest BCUT2D eigenvalue weighted by Crippen LogP contribution is -2.13. The maximum absolute atomic E-state index is 12.7. The molecular formula is C25H25NO7S. The van der Waals surface area contributed by atoms with Crippen molar-refractivity contribution in [2.24, 2.45) is 0 Å². The smallest absolute Gasteiger partial charge is 0.335 e. The van der Waals surface area contributed by atoms with Crippen LogP contribution < -0.4 is 9.46 Å². The van der Waals surface area contributed by atoms with Crippen molar-refractivity contribution in [1.29, 1.82) is 0 Å². The maximum Gasteiger partial charge on any atom is 0.335 e. The van der Waals surface area contributed by atoms with Gasteiger partial charge in [-0.05, 0) is 61.4 Å². The fourth-order valence-corrected chi connectivity index (χ4v) is 4.43.